The van der Waals surface area contributed by atoms with Crippen molar-refractivity contribution in [3.63, 3.8) is 0 Å². The van der Waals surface area contributed by atoms with Gasteiger partial charge in [0.2, 0.25) is 5.91 Å². The molecule has 6 aromatic rings. The second kappa shape index (κ2) is 17.6. The van der Waals surface area contributed by atoms with Crippen molar-refractivity contribution in [2.75, 3.05) is 18.5 Å². The first-order valence-electron chi connectivity index (χ1n) is 17.8. The van der Waals surface area contributed by atoms with E-state index in [2.05, 4.69) is 15.6 Å². The predicted octanol–water partition coefficient (Wildman–Crippen LogP) is 7.73. The van der Waals surface area contributed by atoms with Crippen LogP contribution in [0.2, 0.25) is 0 Å². The quantitative estimate of drug-likeness (QED) is 0.114. The van der Waals surface area contributed by atoms with Crippen molar-refractivity contribution < 1.29 is 31.9 Å². The highest BCUT2D eigenvalue weighted by atomic mass is 19.4. The van der Waals surface area contributed by atoms with Gasteiger partial charge in [-0.05, 0) is 103 Å². The third kappa shape index (κ3) is 9.60. The Bertz CT molecular complexity index is 2470. The lowest BCUT2D eigenvalue weighted by Gasteiger charge is -2.33. The first-order valence-corrected chi connectivity index (χ1v) is 17.8. The topological polar surface area (TPSA) is 142 Å². The van der Waals surface area contributed by atoms with Crippen molar-refractivity contribution in [3.8, 4) is 17.5 Å². The van der Waals surface area contributed by atoms with E-state index >= 15 is 0 Å². The molecule has 2 aromatic heterocycles. The van der Waals surface area contributed by atoms with Gasteiger partial charge >= 0.3 is 12.2 Å². The van der Waals surface area contributed by atoms with Crippen molar-refractivity contribution in [3.05, 3.63) is 160 Å². The van der Waals surface area contributed by atoms with Crippen molar-refractivity contribution in [2.45, 2.75) is 38.5 Å². The van der Waals surface area contributed by atoms with E-state index in [9.17, 15) is 31.9 Å². The van der Waals surface area contributed by atoms with E-state index in [1.807, 2.05) is 13.0 Å². The van der Waals surface area contributed by atoms with Crippen LogP contribution >= 0.6 is 0 Å². The van der Waals surface area contributed by atoms with Gasteiger partial charge in [0.05, 0.1) is 52.9 Å². The molecule has 0 bridgehead atoms. The smallest absolute Gasteiger partial charge is 0.419 e. The van der Waals surface area contributed by atoms with Gasteiger partial charge in [-0.3, -0.25) is 19.1 Å². The zero-order valence-electron chi connectivity index (χ0n) is 30.5. The first kappa shape index (κ1) is 39.6. The van der Waals surface area contributed by atoms with Crippen LogP contribution in [0, 0.1) is 17.1 Å². The number of para-hydroxylation sites is 1. The van der Waals surface area contributed by atoms with Crippen LogP contribution < -0.4 is 20.9 Å². The number of urea groups is 1. The Balaban J connectivity index is 1.45. The minimum Gasteiger partial charge on any atom is -0.494 e. The van der Waals surface area contributed by atoms with E-state index in [4.69, 9.17) is 15.0 Å². The number of nitrogens with one attached hydrogen (secondary N) is 2. The van der Waals surface area contributed by atoms with Crippen molar-refractivity contribution in [1.82, 2.24) is 24.8 Å². The molecule has 4 aromatic carbocycles. The molecular weight excluding hydrogens is 742 g/mol. The molecule has 0 spiro atoms. The van der Waals surface area contributed by atoms with Crippen LogP contribution in [0.5, 0.6) is 5.75 Å². The highest BCUT2D eigenvalue weighted by molar-refractivity contribution is 5.89. The fourth-order valence-electron chi connectivity index (χ4n) is 6.27. The van der Waals surface area contributed by atoms with Crippen molar-refractivity contribution in [2.24, 2.45) is 0 Å². The third-order valence-corrected chi connectivity index (χ3v) is 8.95. The van der Waals surface area contributed by atoms with Crippen LogP contribution in [-0.2, 0) is 23.9 Å². The van der Waals surface area contributed by atoms with Gasteiger partial charge in [-0.1, -0.05) is 24.3 Å². The van der Waals surface area contributed by atoms with E-state index < -0.39 is 47.5 Å². The number of pyridine rings is 1. The third-order valence-electron chi connectivity index (χ3n) is 8.95. The number of carbonyl (C=O) groups excluding carboxylic acids is 2. The van der Waals surface area contributed by atoms with Crippen LogP contribution in [0.25, 0.3) is 16.6 Å². The number of alkyl halides is 3. The molecule has 3 amide bonds. The Labute approximate surface area is 324 Å². The molecule has 0 radical (unpaired) electrons. The van der Waals surface area contributed by atoms with E-state index in [-0.39, 0.29) is 30.9 Å². The summed E-state index contributed by atoms with van der Waals surface area (Å²) >= 11 is 0. The number of nitrogens with zero attached hydrogens (tertiary/aromatic N) is 5. The van der Waals surface area contributed by atoms with Gasteiger partial charge in [0.25, 0.3) is 5.56 Å². The maximum absolute atomic E-state index is 14.7. The monoisotopic (exact) mass is 777 g/mol. The van der Waals surface area contributed by atoms with Crippen LogP contribution in [0.4, 0.5) is 28.0 Å². The van der Waals surface area contributed by atoms with Crippen molar-refractivity contribution in [1.29, 1.82) is 5.26 Å². The lowest BCUT2D eigenvalue weighted by molar-refractivity contribution is -0.140. The molecule has 15 heteroatoms. The second-order valence-electron chi connectivity index (χ2n) is 12.8. The lowest BCUT2D eigenvalue weighted by Crippen LogP contribution is -2.41. The molecule has 57 heavy (non-hydrogen) atoms. The van der Waals surface area contributed by atoms with E-state index in [1.54, 1.807) is 91.1 Å². The number of halogens is 4. The second-order valence-corrected chi connectivity index (χ2v) is 12.8. The van der Waals surface area contributed by atoms with E-state index in [0.29, 0.717) is 57.9 Å². The van der Waals surface area contributed by atoms with Crippen LogP contribution in [0.15, 0.2) is 120 Å². The number of hydrogen-bond acceptors (Lipinski definition) is 7. The minimum atomic E-state index is -4.93. The van der Waals surface area contributed by atoms with E-state index in [0.717, 1.165) is 6.07 Å². The molecule has 0 fully saturated rings. The zero-order chi connectivity index (χ0) is 40.5. The molecule has 2 N–H and O–H groups in total. The zero-order valence-corrected chi connectivity index (χ0v) is 30.5. The molecule has 0 saturated carbocycles. The summed E-state index contributed by atoms with van der Waals surface area (Å²) in [6.45, 7) is 2.07. The maximum Gasteiger partial charge on any atom is 0.419 e. The Kier molecular flexibility index (Phi) is 12.2. The molecule has 1 unspecified atom stereocenters. The number of ether oxygens (including phenoxy) is 1. The normalized spacial score (nSPS) is 11.7. The molecule has 2 heterocycles. The molecule has 11 nitrogen and oxygen atoms in total. The highest BCUT2D eigenvalue weighted by Gasteiger charge is 2.35. The molecule has 0 saturated heterocycles. The maximum atomic E-state index is 14.7. The number of carbonyl (C=O) groups is 2. The molecule has 0 aliphatic heterocycles. The molecule has 0 aliphatic rings. The van der Waals surface area contributed by atoms with Gasteiger partial charge in [-0.25, -0.2) is 14.2 Å². The number of hydrogen-bond donors (Lipinski definition) is 2. The number of nitriles is 1. The summed E-state index contributed by atoms with van der Waals surface area (Å²) in [5.41, 5.74) is 0.182. The number of fused-ring (bicyclic) bond motifs is 1. The highest BCUT2D eigenvalue weighted by Crippen LogP contribution is 2.33. The Morgan fingerprint density at radius 1 is 0.965 bits per heavy atom. The van der Waals surface area contributed by atoms with Gasteiger partial charge in [0.15, 0.2) is 0 Å². The van der Waals surface area contributed by atoms with Crippen LogP contribution in [0.1, 0.15) is 47.5 Å². The van der Waals surface area contributed by atoms with Crippen molar-refractivity contribution >= 4 is 28.5 Å². The van der Waals surface area contributed by atoms with Crippen LogP contribution in [0.3, 0.4) is 0 Å². The molecular formula is C42H35F4N7O4. The largest absolute Gasteiger partial charge is 0.494 e. The molecule has 6 rings (SSSR count). The van der Waals surface area contributed by atoms with Gasteiger partial charge in [-0.2, -0.15) is 18.4 Å². The number of amides is 3. The Morgan fingerprint density at radius 3 is 2.39 bits per heavy atom. The molecule has 0 aliphatic carbocycles. The summed E-state index contributed by atoms with van der Waals surface area (Å²) in [5.74, 6) is -1.49. The summed E-state index contributed by atoms with van der Waals surface area (Å²) in [6.07, 6.45) is -2.39. The van der Waals surface area contributed by atoms with Crippen LogP contribution in [-0.4, -0.2) is 44.5 Å². The summed E-state index contributed by atoms with van der Waals surface area (Å²) < 4.78 is 62.0. The predicted molar refractivity (Wildman–Crippen MR) is 204 cm³/mol. The molecule has 290 valence electrons. The van der Waals surface area contributed by atoms with Gasteiger partial charge in [0, 0.05) is 31.2 Å². The Morgan fingerprint density at radius 2 is 1.72 bits per heavy atom. The average molecular weight is 778 g/mol. The summed E-state index contributed by atoms with van der Waals surface area (Å²) in [5, 5.41) is 14.9. The summed E-state index contributed by atoms with van der Waals surface area (Å²) in [6, 6.07) is 25.6. The SMILES string of the molecule is CCOc1ccc(-n2c(C(CCNC(=O)Nc3ccc(C#N)cc3)N(Cc3cccnc3)C(=O)Cc3ccc(C(F)(F)F)c(F)c3)nc3ccccc3c2=O)cc1. The van der Waals surface area contributed by atoms with Gasteiger partial charge in [-0.15, -0.1) is 0 Å². The number of benzene rings is 4. The fraction of sp³-hybridized carbons (Fsp3) is 0.190. The Hall–Kier alpha value is -7.08. The average Bonchev–Trinajstić information content (AvgIpc) is 3.19. The lowest BCUT2D eigenvalue weighted by atomic mass is 10.0. The number of anilines is 1. The van der Waals surface area contributed by atoms with Gasteiger partial charge in [0.1, 0.15) is 17.4 Å². The number of aromatic nitrogens is 3. The first-order chi connectivity index (χ1) is 27.4. The van der Waals surface area contributed by atoms with Gasteiger partial charge < -0.3 is 20.3 Å². The van der Waals surface area contributed by atoms with E-state index in [1.165, 1.54) is 15.7 Å². The summed E-state index contributed by atoms with van der Waals surface area (Å²) in [7, 11) is 0. The molecule has 1 atom stereocenters. The summed E-state index contributed by atoms with van der Waals surface area (Å²) in [4.78, 5) is 52.6. The minimum absolute atomic E-state index is 0.0178. The number of rotatable bonds is 13. The standard InChI is InChI=1S/C42H35F4N7O4/c1-2-57-32-16-14-31(15-17-32)53-39(51-36-8-4-3-7-33(36)40(53)55)37(19-21-49-41(56)50-30-12-9-27(24-47)10-13-30)52(26-29-6-5-20-48-25-29)38(54)23-28-11-18-34(35(43)22-28)42(44,45)46/h3-18,20,22,25,37H,2,19,21,23,26H2,1H3,(H2,49,50,56). The fourth-order valence-corrected chi connectivity index (χ4v) is 6.27.